The molecule has 8 heteroatoms. The van der Waals surface area contributed by atoms with Crippen LogP contribution >= 0.6 is 0 Å². The minimum absolute atomic E-state index is 0.280. The Kier molecular flexibility index (Phi) is 6.43. The SMILES string of the molecule is CNC(=O)c1c(-c2ccc(F)cc2)oc2cc([NH2+]O)c(-c3cccc(C(=O)OC(C)(C)C)c3)cc12. The van der Waals surface area contributed by atoms with E-state index in [1.807, 2.05) is 0 Å². The fourth-order valence-electron chi connectivity index (χ4n) is 3.82. The van der Waals surface area contributed by atoms with E-state index in [0.29, 0.717) is 38.9 Å². The predicted molar refractivity (Wildman–Crippen MR) is 129 cm³/mol. The first kappa shape index (κ1) is 24.1. The van der Waals surface area contributed by atoms with Gasteiger partial charge in [-0.15, -0.1) is 0 Å². The number of nitrogens with one attached hydrogen (secondary N) is 1. The van der Waals surface area contributed by atoms with Crippen molar-refractivity contribution < 1.29 is 33.8 Å². The third-order valence-electron chi connectivity index (χ3n) is 5.37. The molecule has 0 radical (unpaired) electrons. The summed E-state index contributed by atoms with van der Waals surface area (Å²) < 4.78 is 25.0. The van der Waals surface area contributed by atoms with Crippen molar-refractivity contribution in [2.45, 2.75) is 26.4 Å². The van der Waals surface area contributed by atoms with Crippen LogP contribution in [0.15, 0.2) is 65.1 Å². The van der Waals surface area contributed by atoms with Crippen LogP contribution in [0.25, 0.3) is 33.4 Å². The smallest absolute Gasteiger partial charge is 0.338 e. The average Bonchev–Trinajstić information content (AvgIpc) is 3.20. The first-order valence-electron chi connectivity index (χ1n) is 11.0. The molecule has 0 fully saturated rings. The molecular formula is C27H26FN2O5+. The van der Waals surface area contributed by atoms with Gasteiger partial charge in [-0.25, -0.2) is 14.4 Å². The number of esters is 1. The van der Waals surface area contributed by atoms with Crippen molar-refractivity contribution in [1.29, 1.82) is 0 Å². The maximum absolute atomic E-state index is 13.5. The van der Waals surface area contributed by atoms with Crippen molar-refractivity contribution >= 4 is 28.5 Å². The second-order valence-corrected chi connectivity index (χ2v) is 9.04. The zero-order chi connectivity index (χ0) is 25.3. The van der Waals surface area contributed by atoms with Crippen molar-refractivity contribution in [2.75, 3.05) is 7.05 Å². The van der Waals surface area contributed by atoms with Crippen molar-refractivity contribution in [3.63, 3.8) is 0 Å². The number of amides is 1. The van der Waals surface area contributed by atoms with Crippen molar-refractivity contribution in [3.05, 3.63) is 77.6 Å². The molecule has 0 bridgehead atoms. The monoisotopic (exact) mass is 477 g/mol. The number of furan rings is 1. The molecule has 3 aromatic carbocycles. The maximum Gasteiger partial charge on any atom is 0.338 e. The van der Waals surface area contributed by atoms with E-state index in [9.17, 15) is 19.2 Å². The van der Waals surface area contributed by atoms with Gasteiger partial charge in [-0.3, -0.25) is 4.79 Å². The van der Waals surface area contributed by atoms with E-state index in [-0.39, 0.29) is 17.2 Å². The van der Waals surface area contributed by atoms with Gasteiger partial charge in [0.15, 0.2) is 5.69 Å². The Morgan fingerprint density at radius 3 is 2.37 bits per heavy atom. The van der Waals surface area contributed by atoms with Crippen molar-refractivity contribution in [1.82, 2.24) is 5.32 Å². The van der Waals surface area contributed by atoms with Gasteiger partial charge in [0, 0.05) is 29.6 Å². The molecule has 4 aromatic rings. The summed E-state index contributed by atoms with van der Waals surface area (Å²) in [6, 6.07) is 15.8. The molecule has 0 aliphatic rings. The highest BCUT2D eigenvalue weighted by Crippen LogP contribution is 2.38. The van der Waals surface area contributed by atoms with Gasteiger partial charge >= 0.3 is 5.97 Å². The summed E-state index contributed by atoms with van der Waals surface area (Å²) >= 11 is 0. The Morgan fingerprint density at radius 2 is 1.74 bits per heavy atom. The molecule has 0 saturated heterocycles. The Balaban J connectivity index is 1.90. The fourth-order valence-corrected chi connectivity index (χ4v) is 3.82. The Hall–Kier alpha value is -4.01. The van der Waals surface area contributed by atoms with E-state index in [1.165, 1.54) is 31.3 Å². The number of carbonyl (C=O) groups excluding carboxylic acids is 2. The van der Waals surface area contributed by atoms with Crippen LogP contribution in [0.5, 0.6) is 0 Å². The quantitative estimate of drug-likeness (QED) is 0.217. The van der Waals surface area contributed by atoms with Crippen LogP contribution in [-0.4, -0.2) is 29.7 Å². The molecule has 1 heterocycles. The summed E-state index contributed by atoms with van der Waals surface area (Å²) in [7, 11) is 1.51. The van der Waals surface area contributed by atoms with Crippen LogP contribution < -0.4 is 10.8 Å². The zero-order valence-electron chi connectivity index (χ0n) is 19.8. The maximum atomic E-state index is 13.5. The minimum Gasteiger partial charge on any atom is -0.456 e. The molecule has 0 aliphatic heterocycles. The molecular weight excluding hydrogens is 451 g/mol. The Bertz CT molecular complexity index is 1420. The Morgan fingerprint density at radius 1 is 1.03 bits per heavy atom. The first-order chi connectivity index (χ1) is 16.6. The van der Waals surface area contributed by atoms with Crippen molar-refractivity contribution in [2.24, 2.45) is 0 Å². The van der Waals surface area contributed by atoms with Crippen LogP contribution in [0.1, 0.15) is 41.5 Å². The minimum atomic E-state index is -0.647. The van der Waals surface area contributed by atoms with E-state index in [0.717, 1.165) is 5.48 Å². The van der Waals surface area contributed by atoms with Gasteiger partial charge in [0.25, 0.3) is 5.91 Å². The average molecular weight is 478 g/mol. The van der Waals surface area contributed by atoms with Gasteiger partial charge in [-0.2, -0.15) is 5.48 Å². The lowest BCUT2D eigenvalue weighted by molar-refractivity contribution is -0.825. The number of rotatable bonds is 5. The highest BCUT2D eigenvalue weighted by molar-refractivity contribution is 6.12. The van der Waals surface area contributed by atoms with Crippen LogP contribution in [0.3, 0.4) is 0 Å². The number of hydrogen-bond donors (Lipinski definition) is 3. The second kappa shape index (κ2) is 9.32. The summed E-state index contributed by atoms with van der Waals surface area (Å²) in [5.74, 6) is -0.973. The van der Waals surface area contributed by atoms with E-state index in [2.05, 4.69) is 5.32 Å². The lowest BCUT2D eigenvalue weighted by Crippen LogP contribution is -2.73. The number of fused-ring (bicyclic) bond motifs is 1. The summed E-state index contributed by atoms with van der Waals surface area (Å²) in [5.41, 5.74) is 3.49. The summed E-state index contributed by atoms with van der Waals surface area (Å²) in [6.07, 6.45) is 0. The number of hydrogen-bond acceptors (Lipinski definition) is 5. The molecule has 7 nitrogen and oxygen atoms in total. The summed E-state index contributed by atoms with van der Waals surface area (Å²) in [4.78, 5) is 25.5. The number of carbonyl (C=O) groups is 2. The molecule has 0 atom stereocenters. The normalized spacial score (nSPS) is 11.5. The second-order valence-electron chi connectivity index (χ2n) is 9.04. The summed E-state index contributed by atoms with van der Waals surface area (Å²) in [5, 5.41) is 13.1. The van der Waals surface area contributed by atoms with Crippen LogP contribution in [0, 0.1) is 5.82 Å². The van der Waals surface area contributed by atoms with Gasteiger partial charge in [-0.1, -0.05) is 12.1 Å². The van der Waals surface area contributed by atoms with Crippen molar-refractivity contribution in [3.8, 4) is 22.5 Å². The fraction of sp³-hybridized carbons (Fsp3) is 0.185. The standard InChI is InChI=1S/C27H25FN2O5/c1-27(2,3)35-26(32)17-7-5-6-16(12-17)19-13-20-22(14-21(19)30-33)34-24(23(20)25(31)29-4)15-8-10-18(28)11-9-15/h5-14,30,33H,1-4H3,(H,29,31)/p+1. The molecule has 1 aromatic heterocycles. The van der Waals surface area contributed by atoms with E-state index < -0.39 is 17.4 Å². The van der Waals surface area contributed by atoms with Gasteiger partial charge in [0.1, 0.15) is 22.8 Å². The molecule has 1 amide bonds. The lowest BCUT2D eigenvalue weighted by atomic mass is 9.97. The Labute approximate surface area is 201 Å². The number of nitrogens with two attached hydrogens (primary N) is 1. The van der Waals surface area contributed by atoms with Crippen LogP contribution in [-0.2, 0) is 4.74 Å². The predicted octanol–water partition coefficient (Wildman–Crippen LogP) is 4.80. The molecule has 0 unspecified atom stereocenters. The molecule has 0 aliphatic carbocycles. The van der Waals surface area contributed by atoms with Crippen LogP contribution in [0.2, 0.25) is 0 Å². The van der Waals surface area contributed by atoms with Crippen LogP contribution in [0.4, 0.5) is 10.1 Å². The zero-order valence-corrected chi connectivity index (χ0v) is 19.8. The molecule has 4 N–H and O–H groups in total. The third kappa shape index (κ3) is 4.94. The number of benzene rings is 3. The molecule has 180 valence electrons. The van der Waals surface area contributed by atoms with Gasteiger partial charge in [-0.05, 0) is 68.8 Å². The number of quaternary nitrogens is 1. The summed E-state index contributed by atoms with van der Waals surface area (Å²) in [6.45, 7) is 5.37. The highest BCUT2D eigenvalue weighted by atomic mass is 19.1. The van der Waals surface area contributed by atoms with E-state index in [4.69, 9.17) is 9.15 Å². The van der Waals surface area contributed by atoms with E-state index >= 15 is 0 Å². The van der Waals surface area contributed by atoms with E-state index in [1.54, 1.807) is 57.2 Å². The van der Waals surface area contributed by atoms with Gasteiger partial charge in [0.2, 0.25) is 0 Å². The molecule has 0 saturated carbocycles. The highest BCUT2D eigenvalue weighted by Gasteiger charge is 2.25. The van der Waals surface area contributed by atoms with Gasteiger partial charge in [0.05, 0.1) is 11.1 Å². The largest absolute Gasteiger partial charge is 0.456 e. The molecule has 0 spiro atoms. The number of halogens is 1. The molecule has 35 heavy (non-hydrogen) atoms. The lowest BCUT2D eigenvalue weighted by Gasteiger charge is -2.19. The number of ether oxygens (including phenoxy) is 1. The van der Waals surface area contributed by atoms with Gasteiger partial charge < -0.3 is 14.5 Å². The molecule has 4 rings (SSSR count). The third-order valence-corrected chi connectivity index (χ3v) is 5.37. The first-order valence-corrected chi connectivity index (χ1v) is 11.0. The topological polar surface area (TPSA) is 105 Å².